The molecule has 0 bridgehead atoms. The van der Waals surface area contributed by atoms with Crippen LogP contribution in [0.15, 0.2) is 35.4 Å². The number of likely N-dealkylation sites (tertiary alicyclic amines) is 1. The maximum Gasteiger partial charge on any atom is 0.405 e. The number of hydrogen-bond acceptors (Lipinski definition) is 5. The highest BCUT2D eigenvalue weighted by molar-refractivity contribution is 6.13. The van der Waals surface area contributed by atoms with E-state index >= 15 is 0 Å². The van der Waals surface area contributed by atoms with E-state index in [-0.39, 0.29) is 18.9 Å². The molecule has 3 rings (SSSR count). The maximum absolute atomic E-state index is 13.5. The van der Waals surface area contributed by atoms with Crippen molar-refractivity contribution < 1.29 is 24.3 Å². The largest absolute Gasteiger partial charge is 0.465 e. The van der Waals surface area contributed by atoms with E-state index in [1.54, 1.807) is 11.9 Å². The summed E-state index contributed by atoms with van der Waals surface area (Å²) in [6.45, 7) is 3.21. The number of rotatable bonds is 7. The summed E-state index contributed by atoms with van der Waals surface area (Å²) in [6.07, 6.45) is 4.81. The van der Waals surface area contributed by atoms with Crippen LogP contribution in [0.3, 0.4) is 0 Å². The topological polar surface area (TPSA) is 131 Å². The van der Waals surface area contributed by atoms with Crippen molar-refractivity contribution in [2.24, 2.45) is 10.5 Å². The lowest BCUT2D eigenvalue weighted by Gasteiger charge is -2.40. The SMILES string of the molecule is C#CC[C@@H](NC(=O)C(C)(C)NC(=O)O)C(=O)N1CCC2=NN(C)C(=O)[C@]2(Cc2ccccc2)C1. The number of amides is 4. The summed E-state index contributed by atoms with van der Waals surface area (Å²) < 4.78 is 0. The van der Waals surface area contributed by atoms with E-state index in [1.807, 2.05) is 30.3 Å². The Labute approximate surface area is 198 Å². The lowest BCUT2D eigenvalue weighted by Crippen LogP contribution is -2.61. The summed E-state index contributed by atoms with van der Waals surface area (Å²) >= 11 is 0. The molecule has 3 N–H and O–H groups in total. The molecule has 1 aromatic carbocycles. The first kappa shape index (κ1) is 24.8. The summed E-state index contributed by atoms with van der Waals surface area (Å²) in [6, 6.07) is 8.47. The summed E-state index contributed by atoms with van der Waals surface area (Å²) in [5.74, 6) is 1.11. The van der Waals surface area contributed by atoms with Crippen LogP contribution < -0.4 is 10.6 Å². The van der Waals surface area contributed by atoms with Crippen molar-refractivity contribution in [2.75, 3.05) is 20.1 Å². The zero-order chi connectivity index (χ0) is 25.1. The van der Waals surface area contributed by atoms with E-state index in [0.29, 0.717) is 19.4 Å². The molecule has 0 unspecified atom stereocenters. The second kappa shape index (κ2) is 9.55. The Morgan fingerprint density at radius 2 is 1.97 bits per heavy atom. The summed E-state index contributed by atoms with van der Waals surface area (Å²) in [5.41, 5.74) is -0.779. The molecule has 10 nitrogen and oxygen atoms in total. The third-order valence-electron chi connectivity index (χ3n) is 6.18. The van der Waals surface area contributed by atoms with Crippen molar-refractivity contribution in [2.45, 2.75) is 44.7 Å². The average molecular weight is 468 g/mol. The summed E-state index contributed by atoms with van der Waals surface area (Å²) in [4.78, 5) is 52.0. The van der Waals surface area contributed by atoms with Gasteiger partial charge in [0.05, 0.1) is 5.71 Å². The lowest BCUT2D eigenvalue weighted by molar-refractivity contribution is -0.142. The fourth-order valence-corrected chi connectivity index (χ4v) is 4.42. The molecule has 2 aliphatic heterocycles. The second-order valence-corrected chi connectivity index (χ2v) is 9.12. The van der Waals surface area contributed by atoms with E-state index in [2.05, 4.69) is 21.7 Å². The molecule has 180 valence electrons. The predicted molar refractivity (Wildman–Crippen MR) is 125 cm³/mol. The molecular weight excluding hydrogens is 438 g/mol. The van der Waals surface area contributed by atoms with Crippen LogP contribution in [0.2, 0.25) is 0 Å². The van der Waals surface area contributed by atoms with Crippen LogP contribution >= 0.6 is 0 Å². The molecule has 2 heterocycles. The molecule has 10 heteroatoms. The number of nitrogens with one attached hydrogen (secondary N) is 2. The van der Waals surface area contributed by atoms with Gasteiger partial charge in [-0.05, 0) is 25.8 Å². The van der Waals surface area contributed by atoms with Crippen molar-refractivity contribution in [3.8, 4) is 12.3 Å². The van der Waals surface area contributed by atoms with Gasteiger partial charge in [-0.2, -0.15) is 5.10 Å². The molecule has 0 radical (unpaired) electrons. The van der Waals surface area contributed by atoms with Gasteiger partial charge in [-0.3, -0.25) is 14.4 Å². The highest BCUT2D eigenvalue weighted by Crippen LogP contribution is 2.38. The van der Waals surface area contributed by atoms with E-state index in [4.69, 9.17) is 11.5 Å². The minimum absolute atomic E-state index is 0.0787. The van der Waals surface area contributed by atoms with E-state index in [1.165, 1.54) is 18.9 Å². The number of benzene rings is 1. The number of terminal acetylenes is 1. The number of hydrogen-bond donors (Lipinski definition) is 3. The third-order valence-corrected chi connectivity index (χ3v) is 6.18. The normalized spacial score (nSPS) is 20.6. The summed E-state index contributed by atoms with van der Waals surface area (Å²) in [7, 11) is 1.60. The van der Waals surface area contributed by atoms with Crippen LogP contribution in [-0.4, -0.2) is 76.3 Å². The molecule has 1 fully saturated rings. The summed E-state index contributed by atoms with van der Waals surface area (Å²) in [5, 5.41) is 19.5. The van der Waals surface area contributed by atoms with Crippen LogP contribution in [0.5, 0.6) is 0 Å². The maximum atomic E-state index is 13.5. The monoisotopic (exact) mass is 467 g/mol. The number of hydrazone groups is 1. The van der Waals surface area contributed by atoms with Gasteiger partial charge in [0.25, 0.3) is 5.91 Å². The number of carbonyl (C=O) groups excluding carboxylic acids is 3. The quantitative estimate of drug-likeness (QED) is 0.511. The van der Waals surface area contributed by atoms with Gasteiger partial charge in [-0.25, -0.2) is 9.80 Å². The number of piperidine rings is 1. The first-order chi connectivity index (χ1) is 16.0. The minimum atomic E-state index is -1.47. The van der Waals surface area contributed by atoms with Gasteiger partial charge in [-0.15, -0.1) is 12.3 Å². The van der Waals surface area contributed by atoms with Gasteiger partial charge >= 0.3 is 6.09 Å². The fourth-order valence-electron chi connectivity index (χ4n) is 4.42. The van der Waals surface area contributed by atoms with E-state index in [0.717, 1.165) is 11.3 Å². The van der Waals surface area contributed by atoms with Gasteiger partial charge in [0, 0.05) is 33.0 Å². The van der Waals surface area contributed by atoms with Gasteiger partial charge in [0.1, 0.15) is 17.0 Å². The Morgan fingerprint density at radius 3 is 2.59 bits per heavy atom. The first-order valence-corrected chi connectivity index (χ1v) is 10.9. The van der Waals surface area contributed by atoms with Gasteiger partial charge in [-0.1, -0.05) is 30.3 Å². The van der Waals surface area contributed by atoms with Crippen LogP contribution in [0.25, 0.3) is 0 Å². The zero-order valence-electron chi connectivity index (χ0n) is 19.5. The molecule has 2 aliphatic rings. The Balaban J connectivity index is 1.84. The molecule has 2 atom stereocenters. The van der Waals surface area contributed by atoms with Gasteiger partial charge in [0.15, 0.2) is 0 Å². The second-order valence-electron chi connectivity index (χ2n) is 9.12. The van der Waals surface area contributed by atoms with Crippen LogP contribution in [0, 0.1) is 17.8 Å². The Hall–Kier alpha value is -3.87. The molecule has 0 aromatic heterocycles. The van der Waals surface area contributed by atoms with Crippen LogP contribution in [-0.2, 0) is 20.8 Å². The van der Waals surface area contributed by atoms with Crippen molar-refractivity contribution >= 4 is 29.5 Å². The Morgan fingerprint density at radius 1 is 1.29 bits per heavy atom. The first-order valence-electron chi connectivity index (χ1n) is 10.9. The zero-order valence-corrected chi connectivity index (χ0v) is 19.5. The van der Waals surface area contributed by atoms with Crippen molar-refractivity contribution in [1.29, 1.82) is 0 Å². The third kappa shape index (κ3) is 4.88. The van der Waals surface area contributed by atoms with Crippen molar-refractivity contribution in [3.63, 3.8) is 0 Å². The van der Waals surface area contributed by atoms with E-state index < -0.39 is 34.9 Å². The Kier molecular flexibility index (Phi) is 6.96. The van der Waals surface area contributed by atoms with Crippen LogP contribution in [0.4, 0.5) is 4.79 Å². The number of carboxylic acid groups (broad SMARTS) is 1. The smallest absolute Gasteiger partial charge is 0.405 e. The lowest BCUT2D eigenvalue weighted by atomic mass is 9.73. The van der Waals surface area contributed by atoms with E-state index in [9.17, 15) is 19.2 Å². The van der Waals surface area contributed by atoms with Crippen molar-refractivity contribution in [3.05, 3.63) is 35.9 Å². The molecule has 0 spiro atoms. The molecule has 1 aromatic rings. The molecule has 34 heavy (non-hydrogen) atoms. The highest BCUT2D eigenvalue weighted by Gasteiger charge is 2.53. The number of carbonyl (C=O) groups is 4. The van der Waals surface area contributed by atoms with Crippen molar-refractivity contribution in [1.82, 2.24) is 20.5 Å². The Bertz CT molecular complexity index is 1060. The molecule has 1 saturated heterocycles. The number of nitrogens with zero attached hydrogens (tertiary/aromatic N) is 3. The van der Waals surface area contributed by atoms with Gasteiger partial charge < -0.3 is 20.6 Å². The fraction of sp³-hybridized carbons (Fsp3) is 0.458. The predicted octanol–water partition coefficient (Wildman–Crippen LogP) is 0.830. The molecule has 0 aliphatic carbocycles. The molecular formula is C24H29N5O5. The number of fused-ring (bicyclic) bond motifs is 1. The average Bonchev–Trinajstić information content (AvgIpc) is 3.02. The van der Waals surface area contributed by atoms with Crippen LogP contribution in [0.1, 0.15) is 32.3 Å². The standard InChI is InChI=1S/C24H29N5O5/c1-5-9-17(25-20(31)23(2,3)26-22(33)34)19(30)29-13-12-18-24(15-29,21(32)28(4)27-18)14-16-10-7-6-8-11-16/h1,6-8,10-11,17,26H,9,12-15H2,2-4H3,(H,25,31)(H,33,34)/t17-,24-/m1/s1. The highest BCUT2D eigenvalue weighted by atomic mass is 16.4. The molecule has 0 saturated carbocycles. The minimum Gasteiger partial charge on any atom is -0.465 e. The molecule has 4 amide bonds. The van der Waals surface area contributed by atoms with Gasteiger partial charge in [0.2, 0.25) is 11.8 Å².